The van der Waals surface area contributed by atoms with Gasteiger partial charge in [0.05, 0.1) is 13.0 Å². The van der Waals surface area contributed by atoms with Gasteiger partial charge >= 0.3 is 6.18 Å². The predicted molar refractivity (Wildman–Crippen MR) is 90.3 cm³/mol. The van der Waals surface area contributed by atoms with Gasteiger partial charge in [-0.25, -0.2) is 0 Å². The highest BCUT2D eigenvalue weighted by molar-refractivity contribution is 5.93. The molecule has 1 heterocycles. The molecule has 2 atom stereocenters. The Balaban J connectivity index is 1.83. The molecule has 1 fully saturated rings. The van der Waals surface area contributed by atoms with Gasteiger partial charge in [0.25, 0.3) is 11.6 Å². The fourth-order valence-corrected chi connectivity index (χ4v) is 3.58. The quantitative estimate of drug-likeness (QED) is 0.863. The molecule has 1 aliphatic heterocycles. The van der Waals surface area contributed by atoms with Gasteiger partial charge in [0.1, 0.15) is 0 Å². The van der Waals surface area contributed by atoms with Crippen molar-refractivity contribution < 1.29 is 32.5 Å². The molecule has 0 bridgehead atoms. The molecule has 1 amide bonds. The lowest BCUT2D eigenvalue weighted by Crippen LogP contribution is -2.61. The number of carbonyl (C=O) groups is 1. The van der Waals surface area contributed by atoms with Crippen LogP contribution in [0.15, 0.2) is 29.4 Å². The standard InChI is InChI=1S/C18H21F3N2O4/c1-26-14-9-5-6-10-15(14)27-11-16(24)23-17(25,18(19,20)21)12-7-3-2-4-8-13(12)22-23/h5-6,9-10,12,25H,2-4,7-8,11H2,1H3/t12-,17-/m0/s1. The minimum Gasteiger partial charge on any atom is -0.493 e. The van der Waals surface area contributed by atoms with Crippen LogP contribution in [0.2, 0.25) is 0 Å². The number of benzene rings is 1. The van der Waals surface area contributed by atoms with E-state index in [-0.39, 0.29) is 22.9 Å². The summed E-state index contributed by atoms with van der Waals surface area (Å²) < 4.78 is 51.7. The van der Waals surface area contributed by atoms with Crippen LogP contribution in [-0.4, -0.2) is 47.4 Å². The molecule has 0 radical (unpaired) electrons. The number of ether oxygens (including phenoxy) is 2. The van der Waals surface area contributed by atoms with Crippen molar-refractivity contribution in [3.8, 4) is 11.5 Å². The first kappa shape index (κ1) is 19.5. The summed E-state index contributed by atoms with van der Waals surface area (Å²) in [5, 5.41) is 14.6. The molecular formula is C18H21F3N2O4. The largest absolute Gasteiger partial charge is 0.493 e. The number of carbonyl (C=O) groups excluding carboxylic acids is 1. The van der Waals surface area contributed by atoms with Crippen LogP contribution < -0.4 is 9.47 Å². The Morgan fingerprint density at radius 3 is 2.67 bits per heavy atom. The van der Waals surface area contributed by atoms with E-state index in [2.05, 4.69) is 5.10 Å². The predicted octanol–water partition coefficient (Wildman–Crippen LogP) is 3.10. The molecule has 0 saturated heterocycles. The zero-order valence-electron chi connectivity index (χ0n) is 14.8. The Morgan fingerprint density at radius 1 is 1.30 bits per heavy atom. The van der Waals surface area contributed by atoms with Gasteiger partial charge < -0.3 is 14.6 Å². The highest BCUT2D eigenvalue weighted by Crippen LogP contribution is 2.47. The van der Waals surface area contributed by atoms with Crippen LogP contribution in [0.25, 0.3) is 0 Å². The number of aliphatic hydroxyl groups is 1. The molecule has 9 heteroatoms. The van der Waals surface area contributed by atoms with Gasteiger partial charge in [0.15, 0.2) is 18.1 Å². The summed E-state index contributed by atoms with van der Waals surface area (Å²) in [6.07, 6.45) is -2.57. The summed E-state index contributed by atoms with van der Waals surface area (Å²) in [7, 11) is 1.41. The van der Waals surface area contributed by atoms with Crippen molar-refractivity contribution in [2.24, 2.45) is 11.0 Å². The van der Waals surface area contributed by atoms with E-state index in [0.717, 1.165) is 6.42 Å². The van der Waals surface area contributed by atoms with Crippen molar-refractivity contribution >= 4 is 11.6 Å². The minimum atomic E-state index is -5.03. The number of alkyl halides is 3. The van der Waals surface area contributed by atoms with Crippen LogP contribution in [0.4, 0.5) is 13.2 Å². The van der Waals surface area contributed by atoms with E-state index < -0.39 is 30.3 Å². The van der Waals surface area contributed by atoms with Crippen LogP contribution in [0.5, 0.6) is 11.5 Å². The normalized spacial score (nSPS) is 25.4. The first-order chi connectivity index (χ1) is 12.8. The lowest BCUT2D eigenvalue weighted by molar-refractivity contribution is -0.317. The molecule has 1 N–H and O–H groups in total. The van der Waals surface area contributed by atoms with Crippen LogP contribution in [-0.2, 0) is 4.79 Å². The number of fused-ring (bicyclic) bond motifs is 1. The Labute approximate surface area is 154 Å². The number of methoxy groups -OCH3 is 1. The van der Waals surface area contributed by atoms with E-state index in [4.69, 9.17) is 9.47 Å². The average Bonchev–Trinajstić information content (AvgIpc) is 2.79. The van der Waals surface area contributed by atoms with E-state index in [1.165, 1.54) is 13.2 Å². The van der Waals surface area contributed by atoms with Crippen LogP contribution >= 0.6 is 0 Å². The molecule has 2 aliphatic rings. The smallest absolute Gasteiger partial charge is 0.439 e. The van der Waals surface area contributed by atoms with E-state index in [1.807, 2.05) is 0 Å². The maximum absolute atomic E-state index is 13.8. The summed E-state index contributed by atoms with van der Waals surface area (Å²) in [6.45, 7) is -0.706. The number of para-hydroxylation sites is 2. The van der Waals surface area contributed by atoms with Gasteiger partial charge in [-0.1, -0.05) is 25.0 Å². The molecule has 148 valence electrons. The number of hydrogen-bond donors (Lipinski definition) is 1. The summed E-state index contributed by atoms with van der Waals surface area (Å²) in [5.74, 6) is -1.75. The van der Waals surface area contributed by atoms with E-state index >= 15 is 0 Å². The van der Waals surface area contributed by atoms with Crippen LogP contribution in [0, 0.1) is 5.92 Å². The molecule has 1 aromatic rings. The topological polar surface area (TPSA) is 71.4 Å². The Hall–Kier alpha value is -2.29. The van der Waals surface area contributed by atoms with Gasteiger partial charge in [0.2, 0.25) is 0 Å². The Kier molecular flexibility index (Phi) is 5.32. The highest BCUT2D eigenvalue weighted by atomic mass is 19.4. The fraction of sp³-hybridized carbons (Fsp3) is 0.556. The number of rotatable bonds is 4. The number of nitrogens with zero attached hydrogens (tertiary/aromatic N) is 2. The summed E-state index contributed by atoms with van der Waals surface area (Å²) in [6, 6.07) is 6.46. The van der Waals surface area contributed by atoms with Crippen molar-refractivity contribution in [3.63, 3.8) is 0 Å². The van der Waals surface area contributed by atoms with Gasteiger partial charge in [-0.2, -0.15) is 23.3 Å². The summed E-state index contributed by atoms with van der Waals surface area (Å²) in [5.41, 5.74) is -3.12. The zero-order valence-corrected chi connectivity index (χ0v) is 14.8. The third kappa shape index (κ3) is 3.47. The molecule has 1 aliphatic carbocycles. The highest BCUT2D eigenvalue weighted by Gasteiger charge is 2.68. The second-order valence-electron chi connectivity index (χ2n) is 6.61. The zero-order chi connectivity index (χ0) is 19.7. The summed E-state index contributed by atoms with van der Waals surface area (Å²) >= 11 is 0. The number of amides is 1. The molecule has 1 aromatic carbocycles. The van der Waals surface area contributed by atoms with Gasteiger partial charge in [0, 0.05) is 5.71 Å². The first-order valence-corrected chi connectivity index (χ1v) is 8.74. The van der Waals surface area contributed by atoms with Gasteiger partial charge in [-0.15, -0.1) is 0 Å². The van der Waals surface area contributed by atoms with E-state index in [0.29, 0.717) is 25.0 Å². The van der Waals surface area contributed by atoms with Gasteiger partial charge in [-0.3, -0.25) is 4.79 Å². The van der Waals surface area contributed by atoms with Crippen molar-refractivity contribution in [1.29, 1.82) is 0 Å². The SMILES string of the molecule is COc1ccccc1OCC(=O)N1N=C2CCCCC[C@@H]2[C@]1(O)C(F)(F)F. The second-order valence-corrected chi connectivity index (χ2v) is 6.61. The molecule has 0 spiro atoms. The van der Waals surface area contributed by atoms with Crippen LogP contribution in [0.3, 0.4) is 0 Å². The molecule has 1 saturated carbocycles. The lowest BCUT2D eigenvalue weighted by atomic mass is 9.87. The molecule has 6 nitrogen and oxygen atoms in total. The number of halogens is 3. The van der Waals surface area contributed by atoms with Crippen molar-refractivity contribution in [3.05, 3.63) is 24.3 Å². The first-order valence-electron chi connectivity index (χ1n) is 8.74. The van der Waals surface area contributed by atoms with E-state index in [9.17, 15) is 23.1 Å². The maximum atomic E-state index is 13.8. The fourth-order valence-electron chi connectivity index (χ4n) is 3.58. The van der Waals surface area contributed by atoms with Crippen molar-refractivity contribution in [2.45, 2.75) is 44.0 Å². The third-order valence-corrected chi connectivity index (χ3v) is 4.94. The Bertz CT molecular complexity index is 738. The van der Waals surface area contributed by atoms with E-state index in [1.54, 1.807) is 18.2 Å². The molecule has 3 rings (SSSR count). The van der Waals surface area contributed by atoms with Crippen molar-refractivity contribution in [2.75, 3.05) is 13.7 Å². The van der Waals surface area contributed by atoms with Crippen molar-refractivity contribution in [1.82, 2.24) is 5.01 Å². The minimum absolute atomic E-state index is 0.131. The molecular weight excluding hydrogens is 365 g/mol. The Morgan fingerprint density at radius 2 is 2.00 bits per heavy atom. The number of hydrazone groups is 1. The lowest BCUT2D eigenvalue weighted by Gasteiger charge is -2.37. The molecule has 0 unspecified atom stereocenters. The second kappa shape index (κ2) is 7.38. The van der Waals surface area contributed by atoms with Crippen LogP contribution in [0.1, 0.15) is 32.1 Å². The molecule has 27 heavy (non-hydrogen) atoms. The third-order valence-electron chi connectivity index (χ3n) is 4.94. The van der Waals surface area contributed by atoms with Gasteiger partial charge in [-0.05, 0) is 31.4 Å². The monoisotopic (exact) mass is 386 g/mol. The number of hydrogen-bond acceptors (Lipinski definition) is 5. The molecule has 0 aromatic heterocycles. The maximum Gasteiger partial charge on any atom is 0.439 e. The average molecular weight is 386 g/mol. The summed E-state index contributed by atoms with van der Waals surface area (Å²) in [4.78, 5) is 12.5.